The summed E-state index contributed by atoms with van der Waals surface area (Å²) in [6, 6.07) is 5.31. The predicted octanol–water partition coefficient (Wildman–Crippen LogP) is 4.07. The number of hydrogen-bond acceptors (Lipinski definition) is 5. The van der Waals surface area contributed by atoms with E-state index in [0.717, 1.165) is 0 Å². The molecule has 1 N–H and O–H groups in total. The standard InChI is InChI=1S/C18H19BrClNO4/c1-5-25-18(23)14-10(3)21-9(2)13(17(22)24-4)15(14)11-7-6-8-12(20)16(11)19/h6-8,15,21H,5H2,1-4H3. The SMILES string of the molecule is CCOC(=O)C1=C(C)NC(C)=C(C(=O)OC)C1c1cccc(Cl)c1Br. The van der Waals surface area contributed by atoms with Gasteiger partial charge in [-0.05, 0) is 48.3 Å². The highest BCUT2D eigenvalue weighted by molar-refractivity contribution is 9.10. The third kappa shape index (κ3) is 3.75. The molecule has 0 aliphatic carbocycles. The Labute approximate surface area is 160 Å². The zero-order chi connectivity index (χ0) is 18.7. The highest BCUT2D eigenvalue weighted by Gasteiger charge is 2.38. The zero-order valence-corrected chi connectivity index (χ0v) is 16.7. The maximum absolute atomic E-state index is 12.6. The molecule has 5 nitrogen and oxygen atoms in total. The fourth-order valence-electron chi connectivity index (χ4n) is 2.91. The van der Waals surface area contributed by atoms with Gasteiger partial charge in [0.15, 0.2) is 0 Å². The lowest BCUT2D eigenvalue weighted by atomic mass is 9.80. The lowest BCUT2D eigenvalue weighted by molar-refractivity contribution is -0.139. The summed E-state index contributed by atoms with van der Waals surface area (Å²) < 4.78 is 10.8. The topological polar surface area (TPSA) is 64.6 Å². The number of rotatable bonds is 4. The van der Waals surface area contributed by atoms with Crippen molar-refractivity contribution in [3.05, 3.63) is 55.8 Å². The molecule has 0 bridgehead atoms. The summed E-state index contributed by atoms with van der Waals surface area (Å²) in [4.78, 5) is 25.1. The summed E-state index contributed by atoms with van der Waals surface area (Å²) in [5, 5.41) is 3.56. The molecule has 1 aromatic carbocycles. The smallest absolute Gasteiger partial charge is 0.336 e. The van der Waals surface area contributed by atoms with Gasteiger partial charge in [-0.2, -0.15) is 0 Å². The van der Waals surface area contributed by atoms with Gasteiger partial charge in [0.05, 0.1) is 35.8 Å². The van der Waals surface area contributed by atoms with E-state index in [-0.39, 0.29) is 6.61 Å². The van der Waals surface area contributed by atoms with Crippen LogP contribution in [0.2, 0.25) is 5.02 Å². The second-order valence-electron chi connectivity index (χ2n) is 5.49. The summed E-state index contributed by atoms with van der Waals surface area (Å²) >= 11 is 9.70. The molecule has 134 valence electrons. The number of ether oxygens (including phenoxy) is 2. The van der Waals surface area contributed by atoms with Crippen LogP contribution in [-0.2, 0) is 19.1 Å². The van der Waals surface area contributed by atoms with Crippen molar-refractivity contribution < 1.29 is 19.1 Å². The molecular formula is C18H19BrClNO4. The third-order valence-electron chi connectivity index (χ3n) is 3.95. The Bertz CT molecular complexity index is 785. The number of dihydropyridines is 1. The molecule has 0 saturated heterocycles. The van der Waals surface area contributed by atoms with Crippen molar-refractivity contribution in [3.63, 3.8) is 0 Å². The van der Waals surface area contributed by atoms with Gasteiger partial charge in [-0.3, -0.25) is 0 Å². The molecule has 1 aromatic rings. The van der Waals surface area contributed by atoms with E-state index in [2.05, 4.69) is 21.2 Å². The van der Waals surface area contributed by atoms with Crippen LogP contribution in [-0.4, -0.2) is 25.7 Å². The molecule has 1 aliphatic heterocycles. The molecule has 2 rings (SSSR count). The van der Waals surface area contributed by atoms with E-state index < -0.39 is 17.9 Å². The lowest BCUT2D eigenvalue weighted by Gasteiger charge is -2.30. The number of esters is 2. The number of halogens is 2. The van der Waals surface area contributed by atoms with Crippen molar-refractivity contribution in [2.24, 2.45) is 0 Å². The number of methoxy groups -OCH3 is 1. The van der Waals surface area contributed by atoms with E-state index >= 15 is 0 Å². The molecule has 25 heavy (non-hydrogen) atoms. The minimum atomic E-state index is -0.652. The molecule has 0 saturated carbocycles. The maximum Gasteiger partial charge on any atom is 0.336 e. The largest absolute Gasteiger partial charge is 0.466 e. The Morgan fingerprint density at radius 3 is 2.36 bits per heavy atom. The van der Waals surface area contributed by atoms with Crippen LogP contribution in [0.25, 0.3) is 0 Å². The maximum atomic E-state index is 12.6. The van der Waals surface area contributed by atoms with Gasteiger partial charge < -0.3 is 14.8 Å². The molecule has 1 atom stereocenters. The monoisotopic (exact) mass is 427 g/mol. The predicted molar refractivity (Wildman–Crippen MR) is 99.1 cm³/mol. The van der Waals surface area contributed by atoms with Gasteiger partial charge in [0.1, 0.15) is 0 Å². The summed E-state index contributed by atoms with van der Waals surface area (Å²) in [6.07, 6.45) is 0. The molecule has 1 heterocycles. The fraction of sp³-hybridized carbons (Fsp3) is 0.333. The van der Waals surface area contributed by atoms with Crippen molar-refractivity contribution in [1.82, 2.24) is 5.32 Å². The summed E-state index contributed by atoms with van der Waals surface area (Å²) in [6.45, 7) is 5.50. The molecule has 7 heteroatoms. The van der Waals surface area contributed by atoms with Crippen LogP contribution in [0.5, 0.6) is 0 Å². The van der Waals surface area contributed by atoms with Crippen LogP contribution < -0.4 is 5.32 Å². The first kappa shape index (κ1) is 19.5. The van der Waals surface area contributed by atoms with Crippen molar-refractivity contribution >= 4 is 39.5 Å². The molecule has 0 spiro atoms. The fourth-order valence-corrected chi connectivity index (χ4v) is 3.58. The zero-order valence-electron chi connectivity index (χ0n) is 14.4. The average Bonchev–Trinajstić information content (AvgIpc) is 2.56. The van der Waals surface area contributed by atoms with Crippen LogP contribution in [0.15, 0.2) is 45.2 Å². The number of carbonyl (C=O) groups excluding carboxylic acids is 2. The first-order valence-corrected chi connectivity index (χ1v) is 8.88. The molecule has 0 aromatic heterocycles. The molecule has 0 radical (unpaired) electrons. The van der Waals surface area contributed by atoms with Crippen molar-refractivity contribution in [3.8, 4) is 0 Å². The normalized spacial score (nSPS) is 17.3. The highest BCUT2D eigenvalue weighted by Crippen LogP contribution is 2.43. The minimum absolute atomic E-state index is 0.231. The lowest BCUT2D eigenvalue weighted by Crippen LogP contribution is -2.32. The Kier molecular flexibility index (Phi) is 6.30. The van der Waals surface area contributed by atoms with E-state index in [9.17, 15) is 9.59 Å². The van der Waals surface area contributed by atoms with Gasteiger partial charge in [0.2, 0.25) is 0 Å². The van der Waals surface area contributed by atoms with E-state index in [1.807, 2.05) is 6.07 Å². The first-order chi connectivity index (χ1) is 11.8. The van der Waals surface area contributed by atoms with Gasteiger partial charge in [-0.1, -0.05) is 23.7 Å². The Hall–Kier alpha value is -1.79. The third-order valence-corrected chi connectivity index (χ3v) is 5.38. The second kappa shape index (κ2) is 8.06. The van der Waals surface area contributed by atoms with Crippen molar-refractivity contribution in [1.29, 1.82) is 0 Å². The van der Waals surface area contributed by atoms with Gasteiger partial charge in [-0.15, -0.1) is 0 Å². The van der Waals surface area contributed by atoms with Crippen LogP contribution in [0.3, 0.4) is 0 Å². The molecule has 0 amide bonds. The molecular weight excluding hydrogens is 410 g/mol. The summed E-state index contributed by atoms with van der Waals surface area (Å²) in [7, 11) is 1.31. The van der Waals surface area contributed by atoms with Crippen molar-refractivity contribution in [2.45, 2.75) is 26.7 Å². The Balaban J connectivity index is 2.74. The Morgan fingerprint density at radius 2 is 1.80 bits per heavy atom. The summed E-state index contributed by atoms with van der Waals surface area (Å²) in [5.74, 6) is -1.66. The average molecular weight is 429 g/mol. The number of allylic oxidation sites excluding steroid dienone is 2. The first-order valence-electron chi connectivity index (χ1n) is 7.71. The molecule has 1 aliphatic rings. The van der Waals surface area contributed by atoms with Crippen LogP contribution in [0.1, 0.15) is 32.3 Å². The van der Waals surface area contributed by atoms with Crippen molar-refractivity contribution in [2.75, 3.05) is 13.7 Å². The van der Waals surface area contributed by atoms with E-state index in [1.165, 1.54) is 7.11 Å². The van der Waals surface area contributed by atoms with E-state index in [1.54, 1.807) is 32.9 Å². The van der Waals surface area contributed by atoms with E-state index in [0.29, 0.717) is 37.6 Å². The molecule has 0 fully saturated rings. The second-order valence-corrected chi connectivity index (χ2v) is 6.69. The highest BCUT2D eigenvalue weighted by atomic mass is 79.9. The van der Waals surface area contributed by atoms with Gasteiger partial charge in [0, 0.05) is 15.9 Å². The van der Waals surface area contributed by atoms with Crippen LogP contribution in [0.4, 0.5) is 0 Å². The Morgan fingerprint density at radius 1 is 1.20 bits per heavy atom. The summed E-state index contributed by atoms with van der Waals surface area (Å²) in [5.41, 5.74) is 2.64. The molecule has 1 unspecified atom stereocenters. The van der Waals surface area contributed by atoms with Crippen LogP contribution in [0, 0.1) is 0 Å². The van der Waals surface area contributed by atoms with Crippen LogP contribution >= 0.6 is 27.5 Å². The number of hydrogen-bond donors (Lipinski definition) is 1. The number of nitrogens with one attached hydrogen (secondary N) is 1. The van der Waals surface area contributed by atoms with E-state index in [4.69, 9.17) is 21.1 Å². The van der Waals surface area contributed by atoms with Gasteiger partial charge in [0.25, 0.3) is 0 Å². The minimum Gasteiger partial charge on any atom is -0.466 e. The van der Waals surface area contributed by atoms with Gasteiger partial charge in [-0.25, -0.2) is 9.59 Å². The quantitative estimate of drug-likeness (QED) is 0.732. The number of benzene rings is 1. The van der Waals surface area contributed by atoms with Gasteiger partial charge >= 0.3 is 11.9 Å². The number of carbonyl (C=O) groups is 2.